The van der Waals surface area contributed by atoms with Gasteiger partial charge in [-0.25, -0.2) is 9.78 Å². The van der Waals surface area contributed by atoms with Crippen molar-refractivity contribution in [2.24, 2.45) is 0 Å². The summed E-state index contributed by atoms with van der Waals surface area (Å²) in [5.41, 5.74) is 0.796. The predicted octanol–water partition coefficient (Wildman–Crippen LogP) is 3.50. The van der Waals surface area contributed by atoms with Crippen molar-refractivity contribution in [3.05, 3.63) is 51.0 Å². The van der Waals surface area contributed by atoms with Crippen LogP contribution >= 0.6 is 11.3 Å². The fourth-order valence-corrected chi connectivity index (χ4v) is 4.22. The average Bonchev–Trinajstić information content (AvgIpc) is 3.48. The van der Waals surface area contributed by atoms with Crippen LogP contribution in [-0.4, -0.2) is 47.4 Å². The molecule has 1 fully saturated rings. The number of unbranched alkanes of at least 4 members (excludes halogenated alkanes) is 1. The molecule has 2 aliphatic heterocycles. The first-order valence-electron chi connectivity index (χ1n) is 9.89. The van der Waals surface area contributed by atoms with Gasteiger partial charge < -0.3 is 14.2 Å². The van der Waals surface area contributed by atoms with Gasteiger partial charge in [0.1, 0.15) is 11.1 Å². The molecule has 0 saturated carbocycles. The molecule has 158 valence electrons. The third-order valence-corrected chi connectivity index (χ3v) is 6.17. The van der Waals surface area contributed by atoms with Crippen LogP contribution in [-0.2, 0) is 14.2 Å². The Morgan fingerprint density at radius 1 is 1.27 bits per heavy atom. The summed E-state index contributed by atoms with van der Waals surface area (Å²) in [6.45, 7) is 5.17. The minimum absolute atomic E-state index is 0.228. The van der Waals surface area contributed by atoms with E-state index in [1.807, 2.05) is 6.92 Å². The highest BCUT2D eigenvalue weighted by atomic mass is 32.1. The molecule has 1 aromatic heterocycles. The Labute approximate surface area is 177 Å². The number of benzene rings is 1. The summed E-state index contributed by atoms with van der Waals surface area (Å²) in [4.78, 5) is 43.9. The van der Waals surface area contributed by atoms with E-state index >= 15 is 0 Å². The van der Waals surface area contributed by atoms with Crippen molar-refractivity contribution in [3.8, 4) is 0 Å². The molecular formula is C21H22N2O6S. The van der Waals surface area contributed by atoms with Gasteiger partial charge >= 0.3 is 5.97 Å². The molecule has 0 N–H and O–H groups in total. The van der Waals surface area contributed by atoms with Crippen LogP contribution < -0.4 is 0 Å². The van der Waals surface area contributed by atoms with E-state index < -0.39 is 18.4 Å². The SMILES string of the molecule is CCCCN1C(=O)c2ccc(C(=O)O[C@@H](C)c3cnc(C4OCCO4)s3)cc2C1=O. The van der Waals surface area contributed by atoms with Crippen LogP contribution in [0.2, 0.25) is 0 Å². The van der Waals surface area contributed by atoms with Gasteiger partial charge in [-0.15, -0.1) is 11.3 Å². The minimum Gasteiger partial charge on any atom is -0.453 e. The smallest absolute Gasteiger partial charge is 0.338 e. The van der Waals surface area contributed by atoms with Crippen LogP contribution in [0.5, 0.6) is 0 Å². The molecule has 2 amide bonds. The third-order valence-electron chi connectivity index (χ3n) is 4.99. The molecule has 2 aliphatic rings. The minimum atomic E-state index is -0.569. The second-order valence-corrected chi connectivity index (χ2v) is 8.19. The molecule has 2 aromatic rings. The van der Waals surface area contributed by atoms with Crippen molar-refractivity contribution in [1.29, 1.82) is 0 Å². The Bertz CT molecular complexity index is 982. The van der Waals surface area contributed by atoms with Crippen LogP contribution in [0.15, 0.2) is 24.4 Å². The Morgan fingerprint density at radius 2 is 2.00 bits per heavy atom. The zero-order valence-electron chi connectivity index (χ0n) is 16.8. The lowest BCUT2D eigenvalue weighted by molar-refractivity contribution is -0.0442. The molecule has 1 atom stereocenters. The molecule has 0 bridgehead atoms. The van der Waals surface area contributed by atoms with E-state index in [0.717, 1.165) is 17.7 Å². The van der Waals surface area contributed by atoms with Crippen molar-refractivity contribution in [3.63, 3.8) is 0 Å². The number of thiazole rings is 1. The molecular weight excluding hydrogens is 408 g/mol. The predicted molar refractivity (Wildman–Crippen MR) is 107 cm³/mol. The zero-order valence-corrected chi connectivity index (χ0v) is 17.6. The molecule has 1 saturated heterocycles. The van der Waals surface area contributed by atoms with Gasteiger partial charge in [0.2, 0.25) is 6.29 Å². The number of aromatic nitrogens is 1. The number of carbonyl (C=O) groups is 3. The molecule has 4 rings (SSSR count). The summed E-state index contributed by atoms with van der Waals surface area (Å²) in [6.07, 6.45) is 2.26. The lowest BCUT2D eigenvalue weighted by Gasteiger charge is -2.12. The number of fused-ring (bicyclic) bond motifs is 1. The van der Waals surface area contributed by atoms with Gasteiger partial charge in [-0.3, -0.25) is 14.5 Å². The van der Waals surface area contributed by atoms with E-state index in [2.05, 4.69) is 4.98 Å². The van der Waals surface area contributed by atoms with E-state index in [-0.39, 0.29) is 22.9 Å². The van der Waals surface area contributed by atoms with Crippen molar-refractivity contribution in [2.75, 3.05) is 19.8 Å². The van der Waals surface area contributed by atoms with Gasteiger partial charge in [0, 0.05) is 12.7 Å². The molecule has 9 heteroatoms. The summed E-state index contributed by atoms with van der Waals surface area (Å²) >= 11 is 1.36. The standard InChI is InChI=1S/C21H22N2O6S/c1-3-4-7-23-18(24)14-6-5-13(10-15(14)19(23)25)20(26)29-12(2)16-11-22-17(30-16)21-27-8-9-28-21/h5-6,10-12,21H,3-4,7-9H2,1-2H3/t12-/m0/s1. The van der Waals surface area contributed by atoms with Crippen molar-refractivity contribution in [2.45, 2.75) is 39.1 Å². The van der Waals surface area contributed by atoms with Crippen molar-refractivity contribution in [1.82, 2.24) is 9.88 Å². The van der Waals surface area contributed by atoms with E-state index in [0.29, 0.717) is 30.3 Å². The maximum Gasteiger partial charge on any atom is 0.338 e. The maximum absolute atomic E-state index is 12.6. The highest BCUT2D eigenvalue weighted by molar-refractivity contribution is 7.11. The number of nitrogens with zero attached hydrogens (tertiary/aromatic N) is 2. The van der Waals surface area contributed by atoms with Gasteiger partial charge in [0.05, 0.1) is 34.8 Å². The topological polar surface area (TPSA) is 95.0 Å². The van der Waals surface area contributed by atoms with Crippen LogP contribution in [0.4, 0.5) is 0 Å². The van der Waals surface area contributed by atoms with E-state index in [4.69, 9.17) is 14.2 Å². The summed E-state index contributed by atoms with van der Waals surface area (Å²) in [5.74, 6) is -1.25. The number of ether oxygens (including phenoxy) is 3. The number of carbonyl (C=O) groups excluding carboxylic acids is 3. The fraction of sp³-hybridized carbons (Fsp3) is 0.429. The number of hydrogen-bond acceptors (Lipinski definition) is 8. The van der Waals surface area contributed by atoms with E-state index in [9.17, 15) is 14.4 Å². The molecule has 1 aromatic carbocycles. The number of hydrogen-bond donors (Lipinski definition) is 0. The van der Waals surface area contributed by atoms with Crippen molar-refractivity contribution < 1.29 is 28.6 Å². The third kappa shape index (κ3) is 3.88. The Balaban J connectivity index is 1.45. The van der Waals surface area contributed by atoms with Gasteiger partial charge in [-0.1, -0.05) is 13.3 Å². The normalized spacial score (nSPS) is 17.5. The van der Waals surface area contributed by atoms with Gasteiger partial charge in [0.25, 0.3) is 11.8 Å². The number of esters is 1. The summed E-state index contributed by atoms with van der Waals surface area (Å²) in [6, 6.07) is 4.47. The zero-order chi connectivity index (χ0) is 21.3. The first-order chi connectivity index (χ1) is 14.5. The number of rotatable bonds is 7. The van der Waals surface area contributed by atoms with Crippen LogP contribution in [0.3, 0.4) is 0 Å². The van der Waals surface area contributed by atoms with Gasteiger partial charge in [0.15, 0.2) is 0 Å². The fourth-order valence-electron chi connectivity index (χ4n) is 3.32. The summed E-state index contributed by atoms with van der Waals surface area (Å²) < 4.78 is 16.4. The number of imide groups is 1. The molecule has 30 heavy (non-hydrogen) atoms. The van der Waals surface area contributed by atoms with E-state index in [1.165, 1.54) is 34.4 Å². The second-order valence-electron chi connectivity index (χ2n) is 7.10. The second kappa shape index (κ2) is 8.63. The number of amides is 2. The molecule has 0 radical (unpaired) electrons. The quantitative estimate of drug-likeness (QED) is 0.490. The highest BCUT2D eigenvalue weighted by Crippen LogP contribution is 2.32. The molecule has 0 aliphatic carbocycles. The van der Waals surface area contributed by atoms with Crippen LogP contribution in [0, 0.1) is 0 Å². The van der Waals surface area contributed by atoms with Crippen LogP contribution in [0.1, 0.15) is 80.0 Å². The van der Waals surface area contributed by atoms with Crippen molar-refractivity contribution >= 4 is 29.1 Å². The molecule has 0 spiro atoms. The summed E-state index contributed by atoms with van der Waals surface area (Å²) in [5, 5.41) is 0.680. The molecule has 0 unspecified atom stereocenters. The van der Waals surface area contributed by atoms with Gasteiger partial charge in [-0.05, 0) is 31.5 Å². The lowest BCUT2D eigenvalue weighted by atomic mass is 10.1. The van der Waals surface area contributed by atoms with Crippen LogP contribution in [0.25, 0.3) is 0 Å². The molecule has 3 heterocycles. The Hall–Kier alpha value is -2.62. The lowest BCUT2D eigenvalue weighted by Crippen LogP contribution is -2.30. The average molecular weight is 430 g/mol. The van der Waals surface area contributed by atoms with Gasteiger partial charge in [-0.2, -0.15) is 0 Å². The summed E-state index contributed by atoms with van der Waals surface area (Å²) in [7, 11) is 0. The monoisotopic (exact) mass is 430 g/mol. The Kier molecular flexibility index (Phi) is 5.94. The maximum atomic E-state index is 12.6. The first kappa shape index (κ1) is 20.6. The largest absolute Gasteiger partial charge is 0.453 e. The molecule has 8 nitrogen and oxygen atoms in total. The first-order valence-corrected chi connectivity index (χ1v) is 10.7. The van der Waals surface area contributed by atoms with E-state index in [1.54, 1.807) is 13.1 Å². The highest BCUT2D eigenvalue weighted by Gasteiger charge is 2.35. The Morgan fingerprint density at radius 3 is 2.73 bits per heavy atom.